The Kier molecular flexibility index (Phi) is 6.50. The zero-order valence-corrected chi connectivity index (χ0v) is 21.3. The number of hydrogen-bond acceptors (Lipinski definition) is 6. The van der Waals surface area contributed by atoms with E-state index < -0.39 is 46.8 Å². The fourth-order valence-corrected chi connectivity index (χ4v) is 6.82. The molecule has 3 fully saturated rings. The van der Waals surface area contributed by atoms with E-state index in [2.05, 4.69) is 18.7 Å². The number of Topliss-reactive ketones (excluding diaryl/α,β-unsaturated/α-hetero) is 1. The van der Waals surface area contributed by atoms with Crippen molar-refractivity contribution >= 4 is 17.6 Å². The topological polar surface area (TPSA) is 107 Å². The lowest BCUT2D eigenvalue weighted by molar-refractivity contribution is -0.166. The number of amides is 2. The van der Waals surface area contributed by atoms with Gasteiger partial charge in [0.2, 0.25) is 11.7 Å². The molecule has 0 bridgehead atoms. The number of hydrogen-bond donors (Lipinski definition) is 2. The number of benzene rings is 1. The van der Waals surface area contributed by atoms with Crippen molar-refractivity contribution in [3.63, 3.8) is 0 Å². The first-order valence-electron chi connectivity index (χ1n) is 13.1. The van der Waals surface area contributed by atoms with Gasteiger partial charge in [-0.25, -0.2) is 8.78 Å². The molecular formula is C27H34F2N4O4. The van der Waals surface area contributed by atoms with E-state index in [-0.39, 0.29) is 36.6 Å². The molecule has 1 aliphatic carbocycles. The molecule has 37 heavy (non-hydrogen) atoms. The maximum absolute atomic E-state index is 14.6. The molecule has 1 aromatic carbocycles. The summed E-state index contributed by atoms with van der Waals surface area (Å²) in [7, 11) is 0. The molecule has 2 saturated heterocycles. The van der Waals surface area contributed by atoms with Gasteiger partial charge in [-0.05, 0) is 42.7 Å². The number of aliphatic hydroxyl groups is 1. The van der Waals surface area contributed by atoms with Gasteiger partial charge in [0.1, 0.15) is 28.9 Å². The van der Waals surface area contributed by atoms with Crippen molar-refractivity contribution in [3.8, 4) is 0 Å². The number of nitrogens with zero attached hydrogens (tertiary/aromatic N) is 3. The molecule has 0 radical (unpaired) electrons. The average molecular weight is 517 g/mol. The standard InChI is InChI=1S/C27H34F2N4O4/c1-15(2)11-31-12-17-5-3-4-6-20(17)33-21(31)13-32-14-27(26(30)37,24(35)23(34)22(32)25(33)36)10-16-7-8-18(28)9-19(16)29/h7-9,15,17,20-21,34H,3-6,10-14H2,1-2H3,(H2,30,37). The van der Waals surface area contributed by atoms with Crippen LogP contribution in [0.2, 0.25) is 0 Å². The lowest BCUT2D eigenvalue weighted by Gasteiger charge is -2.58. The largest absolute Gasteiger partial charge is 0.503 e. The van der Waals surface area contributed by atoms with Crippen LogP contribution in [-0.2, 0) is 20.8 Å². The van der Waals surface area contributed by atoms with Crippen LogP contribution in [0.4, 0.5) is 8.78 Å². The Labute approximate surface area is 215 Å². The molecule has 0 spiro atoms. The molecule has 4 unspecified atom stereocenters. The molecule has 3 aliphatic heterocycles. The van der Waals surface area contributed by atoms with Crippen molar-refractivity contribution in [2.24, 2.45) is 23.0 Å². The summed E-state index contributed by atoms with van der Waals surface area (Å²) < 4.78 is 28.0. The Morgan fingerprint density at radius 3 is 2.59 bits per heavy atom. The Bertz CT molecular complexity index is 1170. The van der Waals surface area contributed by atoms with E-state index in [1.807, 2.05) is 4.90 Å². The molecule has 1 aromatic rings. The minimum atomic E-state index is -2.00. The van der Waals surface area contributed by atoms with Gasteiger partial charge in [0, 0.05) is 31.7 Å². The van der Waals surface area contributed by atoms with Gasteiger partial charge in [0.25, 0.3) is 5.91 Å². The number of allylic oxidation sites excluding steroid dienone is 1. The highest BCUT2D eigenvalue weighted by Gasteiger charge is 2.58. The minimum Gasteiger partial charge on any atom is -0.503 e. The zero-order chi connectivity index (χ0) is 26.6. The molecule has 8 nitrogen and oxygen atoms in total. The summed E-state index contributed by atoms with van der Waals surface area (Å²) in [5.41, 5.74) is 3.54. The fourth-order valence-electron chi connectivity index (χ4n) is 6.82. The first-order valence-corrected chi connectivity index (χ1v) is 13.1. The summed E-state index contributed by atoms with van der Waals surface area (Å²) in [6.45, 7) is 5.89. The summed E-state index contributed by atoms with van der Waals surface area (Å²) in [6.07, 6.45) is 3.29. The van der Waals surface area contributed by atoms with Crippen molar-refractivity contribution in [2.75, 3.05) is 26.2 Å². The number of fused-ring (bicyclic) bond motifs is 4. The second kappa shape index (κ2) is 9.38. The quantitative estimate of drug-likeness (QED) is 0.582. The molecule has 3 heterocycles. The van der Waals surface area contributed by atoms with Crippen molar-refractivity contribution in [3.05, 3.63) is 46.9 Å². The van der Waals surface area contributed by atoms with Crippen LogP contribution in [0.5, 0.6) is 0 Å². The van der Waals surface area contributed by atoms with E-state index in [9.17, 15) is 28.3 Å². The number of nitrogens with two attached hydrogens (primary N) is 1. The van der Waals surface area contributed by atoms with Crippen molar-refractivity contribution < 1.29 is 28.3 Å². The molecule has 0 aromatic heterocycles. The van der Waals surface area contributed by atoms with Crippen molar-refractivity contribution in [1.29, 1.82) is 0 Å². The predicted octanol–water partition coefficient (Wildman–Crippen LogP) is 2.33. The highest BCUT2D eigenvalue weighted by Crippen LogP contribution is 2.43. The Hall–Kier alpha value is -3.01. The average Bonchev–Trinajstić information content (AvgIpc) is 2.83. The van der Waals surface area contributed by atoms with Crippen LogP contribution in [0.1, 0.15) is 45.1 Å². The minimum absolute atomic E-state index is 0.0309. The summed E-state index contributed by atoms with van der Waals surface area (Å²) in [4.78, 5) is 46.0. The summed E-state index contributed by atoms with van der Waals surface area (Å²) in [5, 5.41) is 11.1. The maximum Gasteiger partial charge on any atom is 0.275 e. The Balaban J connectivity index is 1.55. The molecule has 5 rings (SSSR count). The van der Waals surface area contributed by atoms with Crippen LogP contribution in [0.25, 0.3) is 0 Å². The van der Waals surface area contributed by atoms with Gasteiger partial charge in [0.05, 0.1) is 6.54 Å². The smallest absolute Gasteiger partial charge is 0.275 e. The van der Waals surface area contributed by atoms with Crippen LogP contribution in [0, 0.1) is 28.9 Å². The van der Waals surface area contributed by atoms with Crippen LogP contribution >= 0.6 is 0 Å². The van der Waals surface area contributed by atoms with Gasteiger partial charge in [-0.15, -0.1) is 0 Å². The number of carbonyl (C=O) groups excluding carboxylic acids is 3. The van der Waals surface area contributed by atoms with Gasteiger partial charge in [0.15, 0.2) is 5.76 Å². The molecule has 10 heteroatoms. The number of halogens is 2. The van der Waals surface area contributed by atoms with E-state index in [0.717, 1.165) is 50.9 Å². The van der Waals surface area contributed by atoms with Crippen LogP contribution < -0.4 is 5.73 Å². The first-order chi connectivity index (χ1) is 17.5. The van der Waals surface area contributed by atoms with E-state index in [1.54, 1.807) is 4.90 Å². The lowest BCUT2D eigenvalue weighted by atomic mass is 9.72. The van der Waals surface area contributed by atoms with E-state index >= 15 is 0 Å². The summed E-state index contributed by atoms with van der Waals surface area (Å²) in [6, 6.07) is 2.91. The van der Waals surface area contributed by atoms with Crippen molar-refractivity contribution in [2.45, 2.75) is 58.2 Å². The van der Waals surface area contributed by atoms with Gasteiger partial charge in [-0.2, -0.15) is 0 Å². The first kappa shape index (κ1) is 25.6. The molecule has 4 atom stereocenters. The lowest BCUT2D eigenvalue weighted by Crippen LogP contribution is -2.72. The molecular weight excluding hydrogens is 482 g/mol. The summed E-state index contributed by atoms with van der Waals surface area (Å²) in [5.74, 6) is -4.29. The molecule has 1 saturated carbocycles. The molecule has 3 N–H and O–H groups in total. The van der Waals surface area contributed by atoms with Gasteiger partial charge in [-0.3, -0.25) is 19.3 Å². The third-order valence-corrected chi connectivity index (χ3v) is 8.49. The second-order valence-electron chi connectivity index (χ2n) is 11.4. The number of piperazine rings is 1. The highest BCUT2D eigenvalue weighted by molar-refractivity contribution is 6.16. The summed E-state index contributed by atoms with van der Waals surface area (Å²) >= 11 is 0. The normalized spacial score (nSPS) is 30.4. The van der Waals surface area contributed by atoms with Crippen LogP contribution in [0.15, 0.2) is 29.7 Å². The Morgan fingerprint density at radius 2 is 1.92 bits per heavy atom. The van der Waals surface area contributed by atoms with E-state index in [1.165, 1.54) is 0 Å². The molecule has 200 valence electrons. The monoisotopic (exact) mass is 516 g/mol. The SMILES string of the molecule is CC(C)CN1CC2CCCCC2N2C(=O)C3=C(O)C(=O)C(Cc4ccc(F)cc4F)(C(N)=O)CN3CC12. The fraction of sp³-hybridized carbons (Fsp3) is 0.593. The molecule has 4 aliphatic rings. The number of carbonyl (C=O) groups is 3. The second-order valence-corrected chi connectivity index (χ2v) is 11.4. The number of rotatable bonds is 5. The van der Waals surface area contributed by atoms with Gasteiger partial charge >= 0.3 is 0 Å². The Morgan fingerprint density at radius 1 is 1.19 bits per heavy atom. The number of ketones is 1. The van der Waals surface area contributed by atoms with E-state index in [4.69, 9.17) is 5.73 Å². The van der Waals surface area contributed by atoms with Crippen LogP contribution in [0.3, 0.4) is 0 Å². The third kappa shape index (κ3) is 4.19. The van der Waals surface area contributed by atoms with Crippen molar-refractivity contribution in [1.82, 2.24) is 14.7 Å². The highest BCUT2D eigenvalue weighted by atomic mass is 19.1. The maximum atomic E-state index is 14.6. The van der Waals surface area contributed by atoms with Crippen LogP contribution in [-0.4, -0.2) is 75.8 Å². The predicted molar refractivity (Wildman–Crippen MR) is 131 cm³/mol. The van der Waals surface area contributed by atoms with Gasteiger partial charge in [-0.1, -0.05) is 32.8 Å². The third-order valence-electron chi connectivity index (χ3n) is 8.49. The van der Waals surface area contributed by atoms with Gasteiger partial charge < -0.3 is 20.6 Å². The number of primary amides is 1. The zero-order valence-electron chi connectivity index (χ0n) is 21.3. The molecule has 2 amide bonds. The number of aliphatic hydroxyl groups excluding tert-OH is 1. The van der Waals surface area contributed by atoms with E-state index in [0.29, 0.717) is 17.9 Å².